The molecule has 0 bridgehead atoms. The molecule has 0 atom stereocenters. The molecule has 8 heteroatoms. The second kappa shape index (κ2) is 11.6. The van der Waals surface area contributed by atoms with Gasteiger partial charge in [0.15, 0.2) is 6.29 Å². The summed E-state index contributed by atoms with van der Waals surface area (Å²) in [5.41, 5.74) is 3.15. The Morgan fingerprint density at radius 2 is 1.81 bits per heavy atom. The number of benzene rings is 2. The van der Waals surface area contributed by atoms with Gasteiger partial charge in [0.05, 0.1) is 25.6 Å². The highest BCUT2D eigenvalue weighted by molar-refractivity contribution is 6.61. The first-order chi connectivity index (χ1) is 14.6. The lowest BCUT2D eigenvalue weighted by Crippen LogP contribution is -2.13. The first kappa shape index (κ1) is 25.5. The lowest BCUT2D eigenvalue weighted by Gasteiger charge is -2.20. The second-order valence-electron chi connectivity index (χ2n) is 7.60. The van der Waals surface area contributed by atoms with Gasteiger partial charge in [0.25, 0.3) is 0 Å². The normalized spacial score (nSPS) is 11.8. The largest absolute Gasteiger partial charge is 0.506 e. The van der Waals surface area contributed by atoms with E-state index in [-0.39, 0.29) is 11.1 Å². The van der Waals surface area contributed by atoms with Crippen molar-refractivity contribution in [3.05, 3.63) is 42.0 Å². The Labute approximate surface area is 183 Å². The molecule has 2 rings (SSSR count). The van der Waals surface area contributed by atoms with Gasteiger partial charge in [-0.2, -0.15) is 5.10 Å². The number of methoxy groups -OCH3 is 2. The molecular weight excluding hydrogens is 396 g/mol. The molecule has 2 aromatic rings. The number of phenols is 1. The number of hydrogen-bond donors (Lipinski definition) is 3. The van der Waals surface area contributed by atoms with E-state index < -0.39 is 0 Å². The number of nitrogens with two attached hydrogens (primary N) is 1. The molecule has 0 spiro atoms. The molecule has 0 amide bonds. The number of carbonyl (C=O) groups excluding carboxylic acids is 1. The molecule has 0 fully saturated rings. The zero-order valence-electron chi connectivity index (χ0n) is 19.2. The fraction of sp³-hybridized carbons (Fsp3) is 0.348. The van der Waals surface area contributed by atoms with Crippen LogP contribution in [0.1, 0.15) is 33.3 Å². The first-order valence-electron chi connectivity index (χ1n) is 9.63. The molecule has 0 unspecified atom stereocenters. The van der Waals surface area contributed by atoms with Crippen LogP contribution in [0, 0.1) is 0 Å². The molecule has 0 aliphatic carbocycles. The Hall–Kier alpha value is -3.55. The quantitative estimate of drug-likeness (QED) is 0.210. The molecule has 0 aliphatic rings. The summed E-state index contributed by atoms with van der Waals surface area (Å²) in [5, 5.41) is 15.7. The molecular formula is C23H32N4O4. The van der Waals surface area contributed by atoms with Crippen LogP contribution in [0.3, 0.4) is 0 Å². The molecule has 0 aliphatic heterocycles. The summed E-state index contributed by atoms with van der Waals surface area (Å²) in [6.07, 6.45) is 0.547. The number of hydrogen-bond acceptors (Lipinski definition) is 8. The van der Waals surface area contributed by atoms with Gasteiger partial charge in [-0.15, -0.1) is 0 Å². The molecule has 0 saturated carbocycles. The minimum Gasteiger partial charge on any atom is -0.506 e. The average molecular weight is 429 g/mol. The van der Waals surface area contributed by atoms with E-state index in [9.17, 15) is 9.90 Å². The lowest BCUT2D eigenvalue weighted by atomic mass is 9.87. The SMILES string of the molecule is CNc1cc(C(C)(C)C)ccc1O.COc1ccc(OC)c(N=C(C)/C(C=O)=N\N)c1. The van der Waals surface area contributed by atoms with Gasteiger partial charge in [0, 0.05) is 13.1 Å². The number of ether oxygens (including phenoxy) is 2. The maximum Gasteiger partial charge on any atom is 0.172 e. The van der Waals surface area contributed by atoms with Crippen molar-refractivity contribution >= 4 is 29.1 Å². The van der Waals surface area contributed by atoms with Crippen LogP contribution in [0.4, 0.5) is 11.4 Å². The van der Waals surface area contributed by atoms with Crippen LogP contribution in [-0.2, 0) is 10.2 Å². The van der Waals surface area contributed by atoms with Crippen LogP contribution in [-0.4, -0.2) is 44.1 Å². The highest BCUT2D eigenvalue weighted by Gasteiger charge is 2.14. The van der Waals surface area contributed by atoms with Crippen molar-refractivity contribution in [3.8, 4) is 17.2 Å². The Morgan fingerprint density at radius 3 is 2.29 bits per heavy atom. The number of phenolic OH excluding ortho intramolecular Hbond substituents is 1. The van der Waals surface area contributed by atoms with Gasteiger partial charge in [0.1, 0.15) is 28.6 Å². The van der Waals surface area contributed by atoms with Crippen LogP contribution >= 0.6 is 0 Å². The summed E-state index contributed by atoms with van der Waals surface area (Å²) in [6.45, 7) is 8.09. The maximum absolute atomic E-state index is 10.7. The van der Waals surface area contributed by atoms with E-state index in [0.717, 1.165) is 5.69 Å². The van der Waals surface area contributed by atoms with Crippen LogP contribution < -0.4 is 20.6 Å². The number of aliphatic imine (C=N–C) groups is 1. The van der Waals surface area contributed by atoms with Crippen LogP contribution in [0.25, 0.3) is 0 Å². The number of nitrogens with zero attached hydrogens (tertiary/aromatic N) is 2. The molecule has 4 N–H and O–H groups in total. The van der Waals surface area contributed by atoms with Crippen LogP contribution in [0.2, 0.25) is 0 Å². The van der Waals surface area contributed by atoms with E-state index in [2.05, 4.69) is 36.2 Å². The number of hydrazone groups is 1. The van der Waals surface area contributed by atoms with Gasteiger partial charge in [-0.05, 0) is 42.2 Å². The van der Waals surface area contributed by atoms with Crippen molar-refractivity contribution < 1.29 is 19.4 Å². The molecule has 0 heterocycles. The first-order valence-corrected chi connectivity index (χ1v) is 9.63. The molecule has 8 nitrogen and oxygen atoms in total. The zero-order chi connectivity index (χ0) is 23.6. The average Bonchev–Trinajstić information content (AvgIpc) is 2.74. The van der Waals surface area contributed by atoms with E-state index in [4.69, 9.17) is 15.3 Å². The lowest BCUT2D eigenvalue weighted by molar-refractivity contribution is -0.102. The number of aldehydes is 1. The summed E-state index contributed by atoms with van der Waals surface area (Å²) in [6, 6.07) is 10.8. The third-order valence-electron chi connectivity index (χ3n) is 4.43. The van der Waals surface area contributed by atoms with Gasteiger partial charge in [0.2, 0.25) is 0 Å². The van der Waals surface area contributed by atoms with Crippen molar-refractivity contribution in [1.82, 2.24) is 0 Å². The molecule has 0 saturated heterocycles. The summed E-state index contributed by atoms with van der Waals surface area (Å²) >= 11 is 0. The highest BCUT2D eigenvalue weighted by atomic mass is 16.5. The Kier molecular flexibility index (Phi) is 9.53. The predicted octanol–water partition coefficient (Wildman–Crippen LogP) is 4.04. The number of nitrogens with one attached hydrogen (secondary N) is 1. The van der Waals surface area contributed by atoms with E-state index >= 15 is 0 Å². The van der Waals surface area contributed by atoms with E-state index in [1.807, 2.05) is 19.2 Å². The zero-order valence-corrected chi connectivity index (χ0v) is 19.2. The fourth-order valence-electron chi connectivity index (χ4n) is 2.53. The Bertz CT molecular complexity index is 947. The van der Waals surface area contributed by atoms with Gasteiger partial charge >= 0.3 is 0 Å². The molecule has 168 valence electrons. The highest BCUT2D eigenvalue weighted by Crippen LogP contribution is 2.32. The van der Waals surface area contributed by atoms with Crippen molar-refractivity contribution in [3.63, 3.8) is 0 Å². The Balaban J connectivity index is 0.000000327. The minimum absolute atomic E-state index is 0.0832. The smallest absolute Gasteiger partial charge is 0.172 e. The van der Waals surface area contributed by atoms with E-state index in [0.29, 0.717) is 34.9 Å². The van der Waals surface area contributed by atoms with Gasteiger partial charge in [-0.25, -0.2) is 4.99 Å². The molecule has 0 radical (unpaired) electrons. The van der Waals surface area contributed by atoms with Crippen LogP contribution in [0.5, 0.6) is 17.2 Å². The maximum atomic E-state index is 10.7. The molecule has 31 heavy (non-hydrogen) atoms. The summed E-state index contributed by atoms with van der Waals surface area (Å²) in [7, 11) is 4.90. The Morgan fingerprint density at radius 1 is 1.13 bits per heavy atom. The van der Waals surface area contributed by atoms with Crippen molar-refractivity contribution in [2.75, 3.05) is 26.6 Å². The van der Waals surface area contributed by atoms with E-state index in [1.54, 1.807) is 38.3 Å². The third kappa shape index (κ3) is 7.33. The summed E-state index contributed by atoms with van der Waals surface area (Å²) in [5.74, 6) is 6.59. The number of rotatable bonds is 6. The molecule has 0 aromatic heterocycles. The van der Waals surface area contributed by atoms with Gasteiger partial charge in [-0.3, -0.25) is 4.79 Å². The van der Waals surface area contributed by atoms with Crippen molar-refractivity contribution in [2.24, 2.45) is 15.9 Å². The van der Waals surface area contributed by atoms with Gasteiger partial charge in [-0.1, -0.05) is 26.8 Å². The monoisotopic (exact) mass is 428 g/mol. The fourth-order valence-corrected chi connectivity index (χ4v) is 2.53. The number of aromatic hydroxyl groups is 1. The summed E-state index contributed by atoms with van der Waals surface area (Å²) < 4.78 is 10.3. The molecule has 2 aromatic carbocycles. The number of anilines is 1. The minimum atomic E-state index is 0.0832. The van der Waals surface area contributed by atoms with E-state index in [1.165, 1.54) is 12.7 Å². The standard InChI is InChI=1S/C12H15N3O3.C11H17NO/c1-8(11(7-16)15-13)14-10-6-9(17-2)4-5-12(10)18-3;1-11(2,3)8-5-6-10(13)9(7-8)12-4/h4-7H,13H2,1-3H3;5-7,12-13H,1-4H3/b14-8?,15-11-;. The van der Waals surface area contributed by atoms with Crippen molar-refractivity contribution in [2.45, 2.75) is 33.1 Å². The van der Waals surface area contributed by atoms with Crippen LogP contribution in [0.15, 0.2) is 46.5 Å². The topological polar surface area (TPSA) is 119 Å². The second-order valence-corrected chi connectivity index (χ2v) is 7.60. The predicted molar refractivity (Wildman–Crippen MR) is 126 cm³/mol. The van der Waals surface area contributed by atoms with Crippen molar-refractivity contribution in [1.29, 1.82) is 0 Å². The third-order valence-corrected chi connectivity index (χ3v) is 4.43. The van der Waals surface area contributed by atoms with Gasteiger partial charge < -0.3 is 25.7 Å². The number of carbonyl (C=O) groups is 1. The summed E-state index contributed by atoms with van der Waals surface area (Å²) in [4.78, 5) is 14.9.